The zero-order valence-corrected chi connectivity index (χ0v) is 11.4. The molecular formula is C15H15N3O2. The van der Waals surface area contributed by atoms with Gasteiger partial charge in [0.05, 0.1) is 23.3 Å². The van der Waals surface area contributed by atoms with Crippen LogP contribution in [0.25, 0.3) is 5.69 Å². The van der Waals surface area contributed by atoms with Gasteiger partial charge in [0.2, 0.25) is 0 Å². The number of benzene rings is 1. The van der Waals surface area contributed by atoms with Gasteiger partial charge in [0.25, 0.3) is 0 Å². The molecule has 5 nitrogen and oxygen atoms in total. The van der Waals surface area contributed by atoms with Crippen LogP contribution in [-0.4, -0.2) is 14.7 Å². The lowest BCUT2D eigenvalue weighted by Gasteiger charge is -2.08. The Hall–Kier alpha value is -2.56. The summed E-state index contributed by atoms with van der Waals surface area (Å²) in [6.45, 7) is 4.26. The van der Waals surface area contributed by atoms with E-state index in [1.54, 1.807) is 12.5 Å². The Labute approximate surface area is 116 Å². The van der Waals surface area contributed by atoms with Gasteiger partial charge in [-0.1, -0.05) is 11.2 Å². The molecule has 0 saturated heterocycles. The van der Waals surface area contributed by atoms with Gasteiger partial charge in [-0.05, 0) is 26.0 Å². The molecule has 0 aliphatic carbocycles. The lowest BCUT2D eigenvalue weighted by molar-refractivity contribution is 0.301. The van der Waals surface area contributed by atoms with Crippen LogP contribution in [0.3, 0.4) is 0 Å². The number of ether oxygens (including phenoxy) is 1. The van der Waals surface area contributed by atoms with Gasteiger partial charge in [0, 0.05) is 18.5 Å². The summed E-state index contributed by atoms with van der Waals surface area (Å²) in [6, 6.07) is 7.86. The fourth-order valence-electron chi connectivity index (χ4n) is 2.01. The zero-order valence-electron chi connectivity index (χ0n) is 11.4. The Morgan fingerprint density at radius 3 is 2.90 bits per heavy atom. The normalized spacial score (nSPS) is 10.7. The molecule has 2 aromatic heterocycles. The predicted octanol–water partition coefficient (Wildman–Crippen LogP) is 3.06. The third-order valence-corrected chi connectivity index (χ3v) is 3.18. The molecule has 0 atom stereocenters. The van der Waals surface area contributed by atoms with Crippen molar-refractivity contribution < 1.29 is 9.26 Å². The fraction of sp³-hybridized carbons (Fsp3) is 0.200. The van der Waals surface area contributed by atoms with Crippen molar-refractivity contribution in [3.05, 3.63) is 60.0 Å². The standard InChI is InChI=1S/C15H15N3O2/c1-11-15(12(2)20-17-11)9-19-14-5-3-4-13(8-14)18-7-6-16-10-18/h3-8,10H,9H2,1-2H3. The molecule has 0 fully saturated rings. The number of nitrogens with zero attached hydrogens (tertiary/aromatic N) is 3. The van der Waals surface area contributed by atoms with Crippen molar-refractivity contribution in [2.75, 3.05) is 0 Å². The second-order valence-corrected chi connectivity index (χ2v) is 4.56. The van der Waals surface area contributed by atoms with E-state index < -0.39 is 0 Å². The van der Waals surface area contributed by atoms with Crippen molar-refractivity contribution >= 4 is 0 Å². The quantitative estimate of drug-likeness (QED) is 0.730. The highest BCUT2D eigenvalue weighted by Crippen LogP contribution is 2.20. The van der Waals surface area contributed by atoms with Gasteiger partial charge in [-0.15, -0.1) is 0 Å². The van der Waals surface area contributed by atoms with Crippen LogP contribution in [0.1, 0.15) is 17.0 Å². The monoisotopic (exact) mass is 269 g/mol. The van der Waals surface area contributed by atoms with Crippen LogP contribution in [0.5, 0.6) is 5.75 Å². The van der Waals surface area contributed by atoms with Crippen LogP contribution in [0, 0.1) is 13.8 Å². The molecule has 0 unspecified atom stereocenters. The second-order valence-electron chi connectivity index (χ2n) is 4.56. The van der Waals surface area contributed by atoms with E-state index in [9.17, 15) is 0 Å². The van der Waals surface area contributed by atoms with E-state index in [0.29, 0.717) is 6.61 Å². The van der Waals surface area contributed by atoms with Gasteiger partial charge in [0.1, 0.15) is 18.1 Å². The summed E-state index contributed by atoms with van der Waals surface area (Å²) in [5.41, 5.74) is 2.88. The Bertz CT molecular complexity index is 682. The van der Waals surface area contributed by atoms with Gasteiger partial charge >= 0.3 is 0 Å². The van der Waals surface area contributed by atoms with Crippen molar-refractivity contribution in [1.29, 1.82) is 0 Å². The first kappa shape index (κ1) is 12.5. The van der Waals surface area contributed by atoms with Crippen molar-refractivity contribution in [1.82, 2.24) is 14.7 Å². The molecule has 0 saturated carbocycles. The van der Waals surface area contributed by atoms with Gasteiger partial charge in [-0.3, -0.25) is 0 Å². The maximum atomic E-state index is 5.82. The van der Waals surface area contributed by atoms with Crippen molar-refractivity contribution in [3.8, 4) is 11.4 Å². The molecule has 5 heteroatoms. The lowest BCUT2D eigenvalue weighted by Crippen LogP contribution is -1.98. The Morgan fingerprint density at radius 1 is 1.30 bits per heavy atom. The summed E-state index contributed by atoms with van der Waals surface area (Å²) in [7, 11) is 0. The molecule has 3 rings (SSSR count). The summed E-state index contributed by atoms with van der Waals surface area (Å²) in [5.74, 6) is 1.60. The summed E-state index contributed by atoms with van der Waals surface area (Å²) in [6.07, 6.45) is 5.40. The summed E-state index contributed by atoms with van der Waals surface area (Å²) in [4.78, 5) is 4.04. The van der Waals surface area contributed by atoms with E-state index in [1.807, 2.05) is 48.9 Å². The molecule has 0 amide bonds. The third kappa shape index (κ3) is 2.42. The first-order valence-corrected chi connectivity index (χ1v) is 6.37. The van der Waals surface area contributed by atoms with Crippen LogP contribution >= 0.6 is 0 Å². The topological polar surface area (TPSA) is 53.1 Å². The second kappa shape index (κ2) is 5.21. The van der Waals surface area contributed by atoms with Crippen LogP contribution < -0.4 is 4.74 Å². The van der Waals surface area contributed by atoms with Gasteiger partial charge in [-0.2, -0.15) is 0 Å². The maximum absolute atomic E-state index is 5.82. The molecule has 0 radical (unpaired) electrons. The SMILES string of the molecule is Cc1noc(C)c1COc1cccc(-n2ccnc2)c1. The minimum Gasteiger partial charge on any atom is -0.489 e. The minimum absolute atomic E-state index is 0.453. The summed E-state index contributed by atoms with van der Waals surface area (Å²) >= 11 is 0. The summed E-state index contributed by atoms with van der Waals surface area (Å²) < 4.78 is 12.9. The molecule has 1 aromatic carbocycles. The molecule has 0 bridgehead atoms. The fourth-order valence-corrected chi connectivity index (χ4v) is 2.01. The number of aryl methyl sites for hydroxylation is 2. The van der Waals surface area contributed by atoms with Crippen LogP contribution in [-0.2, 0) is 6.61 Å². The zero-order chi connectivity index (χ0) is 13.9. The van der Waals surface area contributed by atoms with Crippen molar-refractivity contribution in [2.45, 2.75) is 20.5 Å². The van der Waals surface area contributed by atoms with Crippen molar-refractivity contribution in [2.24, 2.45) is 0 Å². The third-order valence-electron chi connectivity index (χ3n) is 3.18. The lowest BCUT2D eigenvalue weighted by atomic mass is 10.2. The molecular weight excluding hydrogens is 254 g/mol. The van der Waals surface area contributed by atoms with Gasteiger partial charge in [0.15, 0.2) is 0 Å². The average Bonchev–Trinajstić information content (AvgIpc) is 3.09. The van der Waals surface area contributed by atoms with E-state index >= 15 is 0 Å². The molecule has 0 aliphatic rings. The smallest absolute Gasteiger partial charge is 0.140 e. The van der Waals surface area contributed by atoms with Gasteiger partial charge < -0.3 is 13.8 Å². The van der Waals surface area contributed by atoms with Crippen LogP contribution in [0.4, 0.5) is 0 Å². The highest BCUT2D eigenvalue weighted by Gasteiger charge is 2.09. The van der Waals surface area contributed by atoms with E-state index in [4.69, 9.17) is 9.26 Å². The number of aromatic nitrogens is 3. The van der Waals surface area contributed by atoms with E-state index in [2.05, 4.69) is 10.1 Å². The van der Waals surface area contributed by atoms with E-state index in [-0.39, 0.29) is 0 Å². The highest BCUT2D eigenvalue weighted by atomic mass is 16.5. The first-order chi connectivity index (χ1) is 9.74. The Balaban J connectivity index is 1.77. The average molecular weight is 269 g/mol. The largest absolute Gasteiger partial charge is 0.489 e. The van der Waals surface area contributed by atoms with Crippen molar-refractivity contribution in [3.63, 3.8) is 0 Å². The molecule has 0 aliphatic heterocycles. The Morgan fingerprint density at radius 2 is 2.20 bits per heavy atom. The minimum atomic E-state index is 0.453. The number of imidazole rings is 1. The Kier molecular flexibility index (Phi) is 3.25. The molecule has 2 heterocycles. The molecule has 0 spiro atoms. The molecule has 0 N–H and O–H groups in total. The summed E-state index contributed by atoms with van der Waals surface area (Å²) in [5, 5.41) is 3.92. The molecule has 102 valence electrons. The van der Waals surface area contributed by atoms with E-state index in [1.165, 1.54) is 0 Å². The molecule has 3 aromatic rings. The van der Waals surface area contributed by atoms with Gasteiger partial charge in [-0.25, -0.2) is 4.98 Å². The molecule has 20 heavy (non-hydrogen) atoms. The van der Waals surface area contributed by atoms with E-state index in [0.717, 1.165) is 28.5 Å². The number of rotatable bonds is 4. The highest BCUT2D eigenvalue weighted by molar-refractivity contribution is 5.39. The number of hydrogen-bond acceptors (Lipinski definition) is 4. The predicted molar refractivity (Wildman–Crippen MR) is 73.9 cm³/mol. The maximum Gasteiger partial charge on any atom is 0.140 e. The first-order valence-electron chi connectivity index (χ1n) is 6.37. The van der Waals surface area contributed by atoms with Crippen LogP contribution in [0.2, 0.25) is 0 Å². The number of hydrogen-bond donors (Lipinski definition) is 0. The van der Waals surface area contributed by atoms with Crippen LogP contribution in [0.15, 0.2) is 47.5 Å².